The molecule has 2 N–H and O–H groups in total. The summed E-state index contributed by atoms with van der Waals surface area (Å²) in [6.07, 6.45) is 12.2. The van der Waals surface area contributed by atoms with Crippen molar-refractivity contribution >= 4 is 11.2 Å². The summed E-state index contributed by atoms with van der Waals surface area (Å²) >= 11 is 0. The maximum absolute atomic E-state index is 6.45. The maximum Gasteiger partial charge on any atom is 0.146 e. The predicted octanol–water partition coefficient (Wildman–Crippen LogP) is 3.25. The van der Waals surface area contributed by atoms with Crippen molar-refractivity contribution in [2.45, 2.75) is 12.5 Å². The van der Waals surface area contributed by atoms with Crippen molar-refractivity contribution in [3.8, 4) is 11.1 Å². The minimum Gasteiger partial charge on any atom is -0.370 e. The highest BCUT2D eigenvalue weighted by Gasteiger charge is 2.16. The summed E-state index contributed by atoms with van der Waals surface area (Å²) in [7, 11) is 3.92. The minimum absolute atomic E-state index is 0.314. The van der Waals surface area contributed by atoms with Gasteiger partial charge in [-0.15, -0.1) is 0 Å². The third-order valence-corrected chi connectivity index (χ3v) is 5.72. The summed E-state index contributed by atoms with van der Waals surface area (Å²) < 4.78 is 3.67. The standard InChI is InChI=1S/C25H26N8/c1-31(17-22(26)25-27-11-19(12-28-25)10-18-6-4-3-5-7-18)24-14-30-33-16-20(8-9-23(24)33)21-13-29-32(2)15-21/h3-9,11-16,22H,10,17,26H2,1-2H3. The lowest BCUT2D eigenvalue weighted by Crippen LogP contribution is -2.30. The van der Waals surface area contributed by atoms with Gasteiger partial charge in [0.25, 0.3) is 0 Å². The van der Waals surface area contributed by atoms with Crippen LogP contribution >= 0.6 is 0 Å². The van der Waals surface area contributed by atoms with E-state index in [-0.39, 0.29) is 6.04 Å². The second-order valence-corrected chi connectivity index (χ2v) is 8.28. The highest BCUT2D eigenvalue weighted by molar-refractivity contribution is 5.75. The van der Waals surface area contributed by atoms with Crippen LogP contribution in [0.1, 0.15) is 23.0 Å². The van der Waals surface area contributed by atoms with E-state index in [1.54, 1.807) is 4.68 Å². The second-order valence-electron chi connectivity index (χ2n) is 8.28. The zero-order valence-corrected chi connectivity index (χ0v) is 18.7. The third kappa shape index (κ3) is 4.47. The quantitative estimate of drug-likeness (QED) is 0.420. The Bertz CT molecular complexity index is 1350. The van der Waals surface area contributed by atoms with Crippen LogP contribution in [-0.2, 0) is 13.5 Å². The van der Waals surface area contributed by atoms with E-state index in [4.69, 9.17) is 5.73 Å². The Morgan fingerprint density at radius 2 is 1.67 bits per heavy atom. The van der Waals surface area contributed by atoms with E-state index < -0.39 is 0 Å². The molecule has 33 heavy (non-hydrogen) atoms. The molecule has 5 rings (SSSR count). The van der Waals surface area contributed by atoms with Gasteiger partial charge in [0.2, 0.25) is 0 Å². The first-order valence-electron chi connectivity index (χ1n) is 10.8. The third-order valence-electron chi connectivity index (χ3n) is 5.72. The Kier molecular flexibility index (Phi) is 5.58. The van der Waals surface area contributed by atoms with Crippen LogP contribution in [0.3, 0.4) is 0 Å². The number of fused-ring (bicyclic) bond motifs is 1. The normalized spacial score (nSPS) is 12.2. The molecule has 0 saturated heterocycles. The van der Waals surface area contributed by atoms with E-state index in [1.807, 2.05) is 74.0 Å². The van der Waals surface area contributed by atoms with Crippen LogP contribution < -0.4 is 10.6 Å². The van der Waals surface area contributed by atoms with E-state index in [0.717, 1.165) is 34.3 Å². The van der Waals surface area contributed by atoms with Gasteiger partial charge < -0.3 is 10.6 Å². The number of hydrogen-bond acceptors (Lipinski definition) is 6. The van der Waals surface area contributed by atoms with Crippen molar-refractivity contribution in [2.24, 2.45) is 12.8 Å². The van der Waals surface area contributed by atoms with Crippen LogP contribution in [0, 0.1) is 0 Å². The minimum atomic E-state index is -0.314. The molecule has 0 aliphatic heterocycles. The summed E-state index contributed by atoms with van der Waals surface area (Å²) in [6, 6.07) is 14.1. The smallest absolute Gasteiger partial charge is 0.146 e. The first kappa shape index (κ1) is 20.8. The molecule has 8 heteroatoms. The van der Waals surface area contributed by atoms with Crippen molar-refractivity contribution < 1.29 is 0 Å². The number of pyridine rings is 1. The lowest BCUT2D eigenvalue weighted by molar-refractivity contribution is 0.656. The zero-order valence-electron chi connectivity index (χ0n) is 18.7. The Labute approximate surface area is 192 Å². The van der Waals surface area contributed by atoms with Crippen LogP contribution in [0.25, 0.3) is 16.6 Å². The molecule has 5 aromatic rings. The number of nitrogens with two attached hydrogens (primary N) is 1. The monoisotopic (exact) mass is 438 g/mol. The Morgan fingerprint density at radius 1 is 0.879 bits per heavy atom. The lowest BCUT2D eigenvalue weighted by Gasteiger charge is -2.21. The Morgan fingerprint density at radius 3 is 2.39 bits per heavy atom. The van der Waals surface area contributed by atoms with E-state index >= 15 is 0 Å². The van der Waals surface area contributed by atoms with Gasteiger partial charge in [0, 0.05) is 63.0 Å². The molecule has 166 valence electrons. The highest BCUT2D eigenvalue weighted by Crippen LogP contribution is 2.25. The molecule has 1 atom stereocenters. The van der Waals surface area contributed by atoms with Gasteiger partial charge in [-0.25, -0.2) is 14.5 Å². The zero-order chi connectivity index (χ0) is 22.8. The highest BCUT2D eigenvalue weighted by atomic mass is 15.3. The topological polar surface area (TPSA) is 90.2 Å². The van der Waals surface area contributed by atoms with Gasteiger partial charge in [0.15, 0.2) is 0 Å². The molecule has 0 amide bonds. The molecule has 8 nitrogen and oxygen atoms in total. The predicted molar refractivity (Wildman–Crippen MR) is 129 cm³/mol. The van der Waals surface area contributed by atoms with E-state index in [0.29, 0.717) is 12.4 Å². The molecule has 0 fully saturated rings. The molecule has 4 heterocycles. The summed E-state index contributed by atoms with van der Waals surface area (Å²) in [6.45, 7) is 0.573. The van der Waals surface area contributed by atoms with Crippen molar-refractivity contribution in [3.63, 3.8) is 0 Å². The molecule has 0 bridgehead atoms. The van der Waals surface area contributed by atoms with Crippen molar-refractivity contribution in [2.75, 3.05) is 18.5 Å². The molecule has 1 aromatic carbocycles. The van der Waals surface area contributed by atoms with Crippen molar-refractivity contribution in [3.05, 3.63) is 96.6 Å². The molecule has 0 aliphatic carbocycles. The number of anilines is 1. The van der Waals surface area contributed by atoms with Gasteiger partial charge in [0.05, 0.1) is 29.6 Å². The van der Waals surface area contributed by atoms with Crippen LogP contribution in [0.5, 0.6) is 0 Å². The summed E-state index contributed by atoms with van der Waals surface area (Å²) in [5.74, 6) is 0.633. The number of rotatable bonds is 7. The van der Waals surface area contributed by atoms with Crippen molar-refractivity contribution in [1.29, 1.82) is 0 Å². The first-order chi connectivity index (χ1) is 16.1. The van der Waals surface area contributed by atoms with E-state index in [1.165, 1.54) is 5.56 Å². The van der Waals surface area contributed by atoms with E-state index in [9.17, 15) is 0 Å². The first-order valence-corrected chi connectivity index (χ1v) is 10.8. The van der Waals surface area contributed by atoms with Gasteiger partial charge >= 0.3 is 0 Å². The molecular weight excluding hydrogens is 412 g/mol. The van der Waals surface area contributed by atoms with Gasteiger partial charge in [-0.1, -0.05) is 36.4 Å². The van der Waals surface area contributed by atoms with Gasteiger partial charge in [-0.3, -0.25) is 4.68 Å². The van der Waals surface area contributed by atoms with Crippen LogP contribution in [0.15, 0.2) is 79.6 Å². The molecule has 4 aromatic heterocycles. The number of benzene rings is 1. The molecule has 0 spiro atoms. The fourth-order valence-corrected chi connectivity index (χ4v) is 3.96. The molecule has 1 unspecified atom stereocenters. The van der Waals surface area contributed by atoms with E-state index in [2.05, 4.69) is 49.3 Å². The Hall–Kier alpha value is -4.04. The van der Waals surface area contributed by atoms with Gasteiger partial charge in [-0.2, -0.15) is 10.2 Å². The molecular formula is C25H26N8. The number of hydrogen-bond donors (Lipinski definition) is 1. The van der Waals surface area contributed by atoms with Crippen LogP contribution in [0.4, 0.5) is 5.69 Å². The average molecular weight is 439 g/mol. The maximum atomic E-state index is 6.45. The fourth-order valence-electron chi connectivity index (χ4n) is 3.96. The fraction of sp³-hybridized carbons (Fsp3) is 0.200. The molecule has 0 aliphatic rings. The van der Waals surface area contributed by atoms with Crippen LogP contribution in [0.2, 0.25) is 0 Å². The number of nitrogens with zero attached hydrogens (tertiary/aromatic N) is 7. The summed E-state index contributed by atoms with van der Waals surface area (Å²) in [5, 5.41) is 8.79. The second kappa shape index (κ2) is 8.84. The summed E-state index contributed by atoms with van der Waals surface area (Å²) in [4.78, 5) is 11.1. The van der Waals surface area contributed by atoms with Crippen LogP contribution in [-0.4, -0.2) is 43.0 Å². The average Bonchev–Trinajstić information content (AvgIpc) is 3.46. The number of aromatic nitrogens is 6. The number of likely N-dealkylation sites (N-methyl/N-ethyl adjacent to an activating group) is 1. The Balaban J connectivity index is 1.28. The lowest BCUT2D eigenvalue weighted by atomic mass is 10.1. The summed E-state index contributed by atoms with van der Waals surface area (Å²) in [5.41, 5.74) is 12.9. The van der Waals surface area contributed by atoms with Crippen molar-refractivity contribution in [1.82, 2.24) is 29.4 Å². The van der Waals surface area contributed by atoms with Gasteiger partial charge in [-0.05, 0) is 17.2 Å². The van der Waals surface area contributed by atoms with Gasteiger partial charge in [0.1, 0.15) is 5.82 Å². The number of aryl methyl sites for hydroxylation is 1. The SMILES string of the molecule is CN(CC(N)c1ncc(Cc2ccccc2)cn1)c1cnn2cc(-c3cnn(C)c3)ccc12. The molecule has 0 saturated carbocycles. The molecule has 0 radical (unpaired) electrons. The largest absolute Gasteiger partial charge is 0.370 e.